The van der Waals surface area contributed by atoms with Crippen molar-refractivity contribution in [3.63, 3.8) is 0 Å². The van der Waals surface area contributed by atoms with Gasteiger partial charge in [0.15, 0.2) is 0 Å². The van der Waals surface area contributed by atoms with E-state index in [2.05, 4.69) is 56.6 Å². The summed E-state index contributed by atoms with van der Waals surface area (Å²) in [6.07, 6.45) is 5.05. The molecule has 6 rings (SSSR count). The van der Waals surface area contributed by atoms with Gasteiger partial charge in [-0.3, -0.25) is 4.79 Å². The molecule has 3 aliphatic heterocycles. The van der Waals surface area contributed by atoms with Gasteiger partial charge in [-0.25, -0.2) is 9.97 Å². The fourth-order valence-electron chi connectivity index (χ4n) is 6.24. The van der Waals surface area contributed by atoms with Gasteiger partial charge >= 0.3 is 0 Å². The van der Waals surface area contributed by atoms with E-state index in [9.17, 15) is 4.79 Å². The van der Waals surface area contributed by atoms with E-state index in [-0.39, 0.29) is 6.04 Å². The number of nitrogens with zero attached hydrogens (tertiary/aromatic N) is 4. The predicted octanol–water partition coefficient (Wildman–Crippen LogP) is 4.45. The molecule has 3 saturated heterocycles. The molecule has 5 heterocycles. The van der Waals surface area contributed by atoms with Crippen molar-refractivity contribution in [2.75, 3.05) is 18.0 Å². The third-order valence-corrected chi connectivity index (χ3v) is 8.38. The zero-order valence-corrected chi connectivity index (χ0v) is 18.7. The standard InChI is InChI=1S/C25H28N4OS/c1-16-26-20-10-11-31-24(20)25(27-16)28-14-18-13-19(15-28)22(12-17-6-3-2-4-7-17)29-21(18)8-5-9-23(29)30/h2-4,6-7,10-11,18-19,21-22H,5,8-9,12-15H2,1H3/t18-,19+,21+,22+/m1/s1. The molecule has 0 unspecified atom stereocenters. The molecule has 3 aromatic rings. The van der Waals surface area contributed by atoms with Gasteiger partial charge in [0.1, 0.15) is 11.6 Å². The maximum atomic E-state index is 13.1. The van der Waals surface area contributed by atoms with Crippen molar-refractivity contribution in [3.05, 3.63) is 53.2 Å². The summed E-state index contributed by atoms with van der Waals surface area (Å²) in [7, 11) is 0. The van der Waals surface area contributed by atoms with Gasteiger partial charge < -0.3 is 9.80 Å². The maximum Gasteiger partial charge on any atom is 0.223 e. The van der Waals surface area contributed by atoms with Gasteiger partial charge in [-0.1, -0.05) is 30.3 Å². The number of piperidine rings is 3. The summed E-state index contributed by atoms with van der Waals surface area (Å²) in [4.78, 5) is 27.4. The molecule has 160 valence electrons. The SMILES string of the molecule is Cc1nc(N2C[C@H]3C[C@@H](C2)[C@H](Cc2ccccc2)N2C(=O)CCC[C@@H]32)c2sccc2n1. The van der Waals surface area contributed by atoms with Crippen LogP contribution in [-0.2, 0) is 11.2 Å². The van der Waals surface area contributed by atoms with Gasteiger partial charge in [0, 0.05) is 31.6 Å². The smallest absolute Gasteiger partial charge is 0.223 e. The molecule has 6 heteroatoms. The van der Waals surface area contributed by atoms with Crippen molar-refractivity contribution in [3.8, 4) is 0 Å². The Kier molecular flexibility index (Phi) is 4.71. The van der Waals surface area contributed by atoms with Crippen LogP contribution in [0.1, 0.15) is 37.1 Å². The van der Waals surface area contributed by atoms with Crippen LogP contribution >= 0.6 is 11.3 Å². The van der Waals surface area contributed by atoms with Crippen LogP contribution in [0.25, 0.3) is 10.2 Å². The first-order chi connectivity index (χ1) is 15.2. The molecule has 31 heavy (non-hydrogen) atoms. The Morgan fingerprint density at radius 3 is 2.81 bits per heavy atom. The number of rotatable bonds is 3. The van der Waals surface area contributed by atoms with Gasteiger partial charge in [0.2, 0.25) is 5.91 Å². The maximum absolute atomic E-state index is 13.1. The largest absolute Gasteiger partial charge is 0.355 e. The summed E-state index contributed by atoms with van der Waals surface area (Å²) in [6, 6.07) is 13.5. The van der Waals surface area contributed by atoms with Crippen LogP contribution in [0.15, 0.2) is 41.8 Å². The summed E-state index contributed by atoms with van der Waals surface area (Å²) in [5, 5.41) is 2.12. The topological polar surface area (TPSA) is 49.3 Å². The lowest BCUT2D eigenvalue weighted by atomic mass is 9.71. The zero-order chi connectivity index (χ0) is 20.9. The number of hydrogen-bond acceptors (Lipinski definition) is 5. The van der Waals surface area contributed by atoms with E-state index >= 15 is 0 Å². The van der Waals surface area contributed by atoms with Crippen molar-refractivity contribution >= 4 is 33.3 Å². The highest BCUT2D eigenvalue weighted by Gasteiger charge is 2.49. The highest BCUT2D eigenvalue weighted by atomic mass is 32.1. The number of fused-ring (bicyclic) bond motifs is 5. The second-order valence-corrected chi connectivity index (χ2v) is 10.3. The first-order valence-electron chi connectivity index (χ1n) is 11.5. The molecule has 0 spiro atoms. The van der Waals surface area contributed by atoms with Crippen LogP contribution in [0.2, 0.25) is 0 Å². The van der Waals surface area contributed by atoms with Crippen LogP contribution < -0.4 is 4.90 Å². The summed E-state index contributed by atoms with van der Waals surface area (Å²) >= 11 is 1.74. The number of aryl methyl sites for hydroxylation is 1. The minimum Gasteiger partial charge on any atom is -0.355 e. The lowest BCUT2D eigenvalue weighted by molar-refractivity contribution is -0.148. The summed E-state index contributed by atoms with van der Waals surface area (Å²) in [5.74, 6) is 3.31. The van der Waals surface area contributed by atoms with Crippen molar-refractivity contribution in [2.45, 2.75) is 51.1 Å². The van der Waals surface area contributed by atoms with Crippen LogP contribution in [0.3, 0.4) is 0 Å². The fourth-order valence-corrected chi connectivity index (χ4v) is 7.09. The van der Waals surface area contributed by atoms with Crippen LogP contribution in [-0.4, -0.2) is 45.9 Å². The van der Waals surface area contributed by atoms with E-state index in [1.807, 2.05) is 6.92 Å². The fraction of sp³-hybridized carbons (Fsp3) is 0.480. The molecule has 2 aromatic heterocycles. The lowest BCUT2D eigenvalue weighted by Gasteiger charge is -2.57. The van der Waals surface area contributed by atoms with Crippen molar-refractivity contribution < 1.29 is 4.79 Å². The summed E-state index contributed by atoms with van der Waals surface area (Å²) in [5.41, 5.74) is 2.39. The van der Waals surface area contributed by atoms with E-state index in [1.165, 1.54) is 16.7 Å². The Morgan fingerprint density at radius 1 is 1.10 bits per heavy atom. The predicted molar refractivity (Wildman–Crippen MR) is 124 cm³/mol. The Morgan fingerprint density at radius 2 is 1.94 bits per heavy atom. The van der Waals surface area contributed by atoms with Crippen molar-refractivity contribution in [2.24, 2.45) is 11.8 Å². The minimum atomic E-state index is 0.279. The van der Waals surface area contributed by atoms with Crippen LogP contribution in [0.5, 0.6) is 0 Å². The zero-order valence-electron chi connectivity index (χ0n) is 17.9. The molecule has 3 fully saturated rings. The molecule has 1 amide bonds. The number of carbonyl (C=O) groups excluding carboxylic acids is 1. The van der Waals surface area contributed by atoms with Gasteiger partial charge in [0.05, 0.1) is 10.2 Å². The molecule has 0 N–H and O–H groups in total. The summed E-state index contributed by atoms with van der Waals surface area (Å²) < 4.78 is 1.20. The van der Waals surface area contributed by atoms with E-state index in [0.29, 0.717) is 30.2 Å². The minimum absolute atomic E-state index is 0.279. The molecule has 0 aliphatic carbocycles. The second-order valence-electron chi connectivity index (χ2n) is 9.41. The van der Waals surface area contributed by atoms with Crippen molar-refractivity contribution in [1.29, 1.82) is 0 Å². The van der Waals surface area contributed by atoms with E-state index < -0.39 is 0 Å². The number of anilines is 1. The van der Waals surface area contributed by atoms with Crippen LogP contribution in [0.4, 0.5) is 5.82 Å². The monoisotopic (exact) mass is 432 g/mol. The molecule has 3 aliphatic rings. The highest BCUT2D eigenvalue weighted by Crippen LogP contribution is 2.44. The Labute approximate surface area is 187 Å². The molecule has 0 radical (unpaired) electrons. The number of thiophene rings is 1. The molecular weight excluding hydrogens is 404 g/mol. The quantitative estimate of drug-likeness (QED) is 0.614. The van der Waals surface area contributed by atoms with E-state index in [0.717, 1.165) is 49.5 Å². The van der Waals surface area contributed by atoms with Crippen molar-refractivity contribution in [1.82, 2.24) is 14.9 Å². The van der Waals surface area contributed by atoms with E-state index in [4.69, 9.17) is 4.98 Å². The second kappa shape index (κ2) is 7.59. The first-order valence-corrected chi connectivity index (χ1v) is 12.4. The third-order valence-electron chi connectivity index (χ3n) is 7.48. The number of amides is 1. The van der Waals surface area contributed by atoms with E-state index in [1.54, 1.807) is 11.3 Å². The lowest BCUT2D eigenvalue weighted by Crippen LogP contribution is -2.65. The molecule has 4 atom stereocenters. The normalized spacial score (nSPS) is 28.1. The molecule has 0 saturated carbocycles. The molecule has 1 aromatic carbocycles. The average Bonchev–Trinajstić information content (AvgIpc) is 3.25. The third kappa shape index (κ3) is 3.32. The van der Waals surface area contributed by atoms with Gasteiger partial charge in [-0.05, 0) is 61.5 Å². The average molecular weight is 433 g/mol. The Bertz CT molecular complexity index is 1110. The van der Waals surface area contributed by atoms with Gasteiger partial charge in [-0.2, -0.15) is 0 Å². The molecule has 5 nitrogen and oxygen atoms in total. The molecular formula is C25H28N4OS. The Hall–Kier alpha value is -2.47. The Balaban J connectivity index is 1.38. The highest BCUT2D eigenvalue weighted by molar-refractivity contribution is 7.17. The number of aromatic nitrogens is 2. The number of benzene rings is 1. The molecule has 2 bridgehead atoms. The van der Waals surface area contributed by atoms with Gasteiger partial charge in [0.25, 0.3) is 0 Å². The summed E-state index contributed by atoms with van der Waals surface area (Å²) in [6.45, 7) is 3.95. The number of hydrogen-bond donors (Lipinski definition) is 0. The van der Waals surface area contributed by atoms with Crippen LogP contribution in [0, 0.1) is 18.8 Å². The van der Waals surface area contributed by atoms with Gasteiger partial charge in [-0.15, -0.1) is 11.3 Å². The number of carbonyl (C=O) groups is 1. The first kappa shape index (κ1) is 19.2.